The molecule has 2 aliphatic rings. The van der Waals surface area contributed by atoms with Gasteiger partial charge in [-0.3, -0.25) is 4.79 Å². The van der Waals surface area contributed by atoms with Crippen molar-refractivity contribution < 1.29 is 64.6 Å². The largest absolute Gasteiger partial charge is 0.394 e. The lowest BCUT2D eigenvalue weighted by molar-refractivity contribution is -0.359. The minimum absolute atomic E-state index is 0.216. The van der Waals surface area contributed by atoms with Gasteiger partial charge in [0.05, 0.1) is 32.0 Å². The topological polar surface area (TPSA) is 228 Å². The van der Waals surface area contributed by atoms with Crippen molar-refractivity contribution in [1.29, 1.82) is 0 Å². The highest BCUT2D eigenvalue weighted by Gasteiger charge is 2.51. The first-order valence-electron chi connectivity index (χ1n) is 30.3. The van der Waals surface area contributed by atoms with Crippen LogP contribution in [0.15, 0.2) is 0 Å². The van der Waals surface area contributed by atoms with Crippen molar-refractivity contribution in [2.24, 2.45) is 0 Å². The number of carbonyl (C=O) groups is 1. The van der Waals surface area contributed by atoms with Crippen molar-refractivity contribution in [3.63, 3.8) is 0 Å². The smallest absolute Gasteiger partial charge is 0.220 e. The molecule has 14 nitrogen and oxygen atoms in total. The summed E-state index contributed by atoms with van der Waals surface area (Å²) >= 11 is 0. The summed E-state index contributed by atoms with van der Waals surface area (Å²) in [7, 11) is 0. The third-order valence-electron chi connectivity index (χ3n) is 15.3. The monoisotopic (exact) mass is 1030 g/mol. The van der Waals surface area contributed by atoms with E-state index in [1.54, 1.807) is 0 Å². The Hall–Kier alpha value is -1.01. The van der Waals surface area contributed by atoms with E-state index >= 15 is 0 Å². The molecule has 2 saturated heterocycles. The molecule has 2 fully saturated rings. The molecule has 2 rings (SSSR count). The number of rotatable bonds is 49. The first-order chi connectivity index (χ1) is 35.1. The van der Waals surface area contributed by atoms with E-state index in [1.807, 2.05) is 0 Å². The second-order valence-electron chi connectivity index (χ2n) is 21.8. The summed E-state index contributed by atoms with van der Waals surface area (Å²) < 4.78 is 22.7. The van der Waals surface area contributed by atoms with E-state index in [9.17, 15) is 45.6 Å². The van der Waals surface area contributed by atoms with Gasteiger partial charge in [0, 0.05) is 6.42 Å². The highest BCUT2D eigenvalue weighted by molar-refractivity contribution is 5.76. The SMILES string of the molecule is CCCCCCCCCCCCCCCCCCCCCCCCCCCCCCCCCCCC(O)C(COC1OC(CO)C(OC2OC(CO)C(O)C(O)C2O)C(O)C1O)NC(=O)CCCCCCC. The number of hydrogen-bond acceptors (Lipinski definition) is 13. The lowest BCUT2D eigenvalue weighted by Gasteiger charge is -2.46. The van der Waals surface area contributed by atoms with E-state index in [1.165, 1.54) is 186 Å². The molecule has 9 N–H and O–H groups in total. The molecule has 12 unspecified atom stereocenters. The third-order valence-corrected chi connectivity index (χ3v) is 15.3. The number of aliphatic hydroxyl groups excluding tert-OH is 8. The number of unbranched alkanes of at least 4 members (excludes halogenated alkanes) is 36. The van der Waals surface area contributed by atoms with Crippen molar-refractivity contribution in [2.75, 3.05) is 19.8 Å². The van der Waals surface area contributed by atoms with Crippen LogP contribution in [0, 0.1) is 0 Å². The molecule has 2 aliphatic heterocycles. The maximum absolute atomic E-state index is 13.0. The lowest BCUT2D eigenvalue weighted by atomic mass is 9.97. The average molecular weight is 1030 g/mol. The Kier molecular flexibility index (Phi) is 42.0. The standard InChI is InChI=1S/C58H113NO13/c1-3-5-7-9-10-11-12-13-14-15-16-17-18-19-20-21-22-23-24-25-26-27-28-29-30-31-32-33-34-35-36-38-39-41-47(62)46(59-50(63)42-40-37-8-6-4-2)45-69-57-55(68)53(66)56(49(44-61)71-57)72-58-54(67)52(65)51(64)48(43-60)70-58/h46-49,51-58,60-62,64-68H,3-45H2,1-2H3,(H,59,63). The van der Waals surface area contributed by atoms with Crippen LogP contribution in [0.4, 0.5) is 0 Å². The second-order valence-corrected chi connectivity index (χ2v) is 21.8. The normalized spacial score (nSPS) is 25.5. The maximum atomic E-state index is 13.0. The molecule has 0 aromatic carbocycles. The number of hydrogen-bond donors (Lipinski definition) is 9. The molecule has 12 atom stereocenters. The van der Waals surface area contributed by atoms with E-state index in [0.29, 0.717) is 12.8 Å². The van der Waals surface area contributed by atoms with Crippen molar-refractivity contribution in [1.82, 2.24) is 5.32 Å². The Balaban J connectivity index is 1.53. The number of carbonyl (C=O) groups excluding carboxylic acids is 1. The predicted molar refractivity (Wildman–Crippen MR) is 286 cm³/mol. The summed E-state index contributed by atoms with van der Waals surface area (Å²) in [4.78, 5) is 13.0. The molecule has 0 aromatic rings. The maximum Gasteiger partial charge on any atom is 0.220 e. The van der Waals surface area contributed by atoms with Gasteiger partial charge in [-0.1, -0.05) is 251 Å². The summed E-state index contributed by atoms with van der Waals surface area (Å²) in [6.45, 7) is 2.78. The highest BCUT2D eigenvalue weighted by atomic mass is 16.7. The van der Waals surface area contributed by atoms with E-state index in [-0.39, 0.29) is 12.5 Å². The minimum Gasteiger partial charge on any atom is -0.394 e. The zero-order valence-electron chi connectivity index (χ0n) is 46.0. The van der Waals surface area contributed by atoms with Crippen LogP contribution in [-0.4, -0.2) is 140 Å². The molecule has 0 aliphatic carbocycles. The van der Waals surface area contributed by atoms with Gasteiger partial charge in [-0.15, -0.1) is 0 Å². The van der Waals surface area contributed by atoms with Crippen LogP contribution in [0.3, 0.4) is 0 Å². The summed E-state index contributed by atoms with van der Waals surface area (Å²) in [5, 5.41) is 86.7. The van der Waals surface area contributed by atoms with Crippen molar-refractivity contribution >= 4 is 5.91 Å². The molecule has 428 valence electrons. The van der Waals surface area contributed by atoms with Crippen LogP contribution in [0.2, 0.25) is 0 Å². The molecular weight excluding hydrogens is 919 g/mol. The molecule has 0 aromatic heterocycles. The molecule has 0 spiro atoms. The Bertz CT molecular complexity index is 1220. The Morgan fingerprint density at radius 3 is 1.18 bits per heavy atom. The zero-order chi connectivity index (χ0) is 52.4. The number of amides is 1. The van der Waals surface area contributed by atoms with E-state index < -0.39 is 86.8 Å². The molecule has 0 bridgehead atoms. The van der Waals surface area contributed by atoms with Crippen LogP contribution in [0.1, 0.15) is 271 Å². The van der Waals surface area contributed by atoms with Crippen molar-refractivity contribution in [3.8, 4) is 0 Å². The number of nitrogens with one attached hydrogen (secondary N) is 1. The first kappa shape index (κ1) is 67.1. The van der Waals surface area contributed by atoms with E-state index in [0.717, 1.165) is 57.8 Å². The van der Waals surface area contributed by atoms with Crippen LogP contribution >= 0.6 is 0 Å². The van der Waals surface area contributed by atoms with Gasteiger partial charge in [0.15, 0.2) is 12.6 Å². The third kappa shape index (κ3) is 30.7. The fraction of sp³-hybridized carbons (Fsp3) is 0.983. The summed E-state index contributed by atoms with van der Waals surface area (Å²) in [5.41, 5.74) is 0. The minimum atomic E-state index is -1.78. The van der Waals surface area contributed by atoms with E-state index in [2.05, 4.69) is 19.2 Å². The number of aliphatic hydroxyl groups is 8. The fourth-order valence-corrected chi connectivity index (χ4v) is 10.4. The van der Waals surface area contributed by atoms with Gasteiger partial charge in [-0.05, 0) is 12.8 Å². The summed E-state index contributed by atoms with van der Waals surface area (Å²) in [6, 6.07) is -0.819. The first-order valence-corrected chi connectivity index (χ1v) is 30.3. The van der Waals surface area contributed by atoms with Crippen LogP contribution in [0.5, 0.6) is 0 Å². The summed E-state index contributed by atoms with van der Waals surface area (Å²) in [5.74, 6) is -0.216. The molecule has 2 heterocycles. The fourth-order valence-electron chi connectivity index (χ4n) is 10.4. The Morgan fingerprint density at radius 2 is 0.792 bits per heavy atom. The van der Waals surface area contributed by atoms with Crippen LogP contribution in [-0.2, 0) is 23.7 Å². The molecule has 72 heavy (non-hydrogen) atoms. The zero-order valence-corrected chi connectivity index (χ0v) is 46.0. The van der Waals surface area contributed by atoms with Crippen LogP contribution in [0.25, 0.3) is 0 Å². The molecule has 0 radical (unpaired) electrons. The van der Waals surface area contributed by atoms with Gasteiger partial charge in [0.2, 0.25) is 5.91 Å². The van der Waals surface area contributed by atoms with E-state index in [4.69, 9.17) is 18.9 Å². The molecule has 0 saturated carbocycles. The quantitative estimate of drug-likeness (QED) is 0.0259. The van der Waals surface area contributed by atoms with Gasteiger partial charge >= 0.3 is 0 Å². The molecule has 1 amide bonds. The van der Waals surface area contributed by atoms with Crippen molar-refractivity contribution in [2.45, 2.75) is 344 Å². The Morgan fingerprint density at radius 1 is 0.444 bits per heavy atom. The van der Waals surface area contributed by atoms with Crippen molar-refractivity contribution in [3.05, 3.63) is 0 Å². The average Bonchev–Trinajstić information content (AvgIpc) is 3.38. The number of ether oxygens (including phenoxy) is 4. The lowest BCUT2D eigenvalue weighted by Crippen LogP contribution is -2.65. The van der Waals surface area contributed by atoms with Crippen LogP contribution < -0.4 is 5.32 Å². The second kappa shape index (κ2) is 45.1. The van der Waals surface area contributed by atoms with Gasteiger partial charge in [-0.25, -0.2) is 0 Å². The van der Waals surface area contributed by atoms with Gasteiger partial charge in [0.25, 0.3) is 0 Å². The summed E-state index contributed by atoms with van der Waals surface area (Å²) in [6.07, 6.45) is 33.5. The van der Waals surface area contributed by atoms with Gasteiger partial charge < -0.3 is 65.1 Å². The molecule has 14 heteroatoms. The molecular formula is C58H113NO13. The predicted octanol–water partition coefficient (Wildman–Crippen LogP) is 10.1. The highest BCUT2D eigenvalue weighted by Crippen LogP contribution is 2.30. The van der Waals surface area contributed by atoms with Gasteiger partial charge in [0.1, 0.15) is 48.8 Å². The van der Waals surface area contributed by atoms with Gasteiger partial charge in [-0.2, -0.15) is 0 Å². The Labute approximate surface area is 438 Å².